The molecule has 0 unspecified atom stereocenters. The summed E-state index contributed by atoms with van der Waals surface area (Å²) in [7, 11) is 1.57. The Hall–Kier alpha value is -3.43. The predicted octanol–water partition coefficient (Wildman–Crippen LogP) is 6.33. The third kappa shape index (κ3) is 8.53. The molecule has 10 heteroatoms. The van der Waals surface area contributed by atoms with Crippen LogP contribution in [-0.4, -0.2) is 47.1 Å². The van der Waals surface area contributed by atoms with Crippen molar-refractivity contribution >= 4 is 45.8 Å². The molecule has 0 spiro atoms. The molecule has 1 fully saturated rings. The number of nitrogens with zero attached hydrogens (tertiary/aromatic N) is 2. The van der Waals surface area contributed by atoms with Gasteiger partial charge in [-0.25, -0.2) is 9.97 Å². The van der Waals surface area contributed by atoms with Crippen molar-refractivity contribution in [1.82, 2.24) is 9.97 Å². The number of fused-ring (bicyclic) bond motifs is 1. The second-order valence-electron chi connectivity index (χ2n) is 10.7. The average Bonchev–Trinajstić information content (AvgIpc) is 2.97. The van der Waals surface area contributed by atoms with Gasteiger partial charge < -0.3 is 25.6 Å². The maximum Gasteiger partial charge on any atom is 0.306 e. The SMILES string of the molecule is COc1cc2ncnc(Nc3cc(Cl)ccc3CCC(=O)C[C@H](CC3CCCCC3)C(=O)O)c2cc1OCCCN. The van der Waals surface area contributed by atoms with E-state index in [0.29, 0.717) is 71.9 Å². The van der Waals surface area contributed by atoms with Crippen molar-refractivity contribution in [1.29, 1.82) is 0 Å². The number of benzene rings is 2. The number of nitrogens with one attached hydrogen (secondary N) is 1. The van der Waals surface area contributed by atoms with Crippen LogP contribution in [0.5, 0.6) is 11.5 Å². The van der Waals surface area contributed by atoms with Crippen LogP contribution >= 0.6 is 11.6 Å². The van der Waals surface area contributed by atoms with E-state index in [-0.39, 0.29) is 18.6 Å². The number of aryl methyl sites for hydroxylation is 1. The molecule has 0 amide bonds. The molecular weight excluding hydrogens is 544 g/mol. The second-order valence-corrected chi connectivity index (χ2v) is 11.1. The molecule has 0 aliphatic heterocycles. The van der Waals surface area contributed by atoms with Gasteiger partial charge in [0.1, 0.15) is 17.9 Å². The Labute approximate surface area is 245 Å². The lowest BCUT2D eigenvalue weighted by Crippen LogP contribution is -2.22. The summed E-state index contributed by atoms with van der Waals surface area (Å²) in [6.07, 6.45) is 9.13. The van der Waals surface area contributed by atoms with Crippen LogP contribution in [0.3, 0.4) is 0 Å². The zero-order chi connectivity index (χ0) is 29.2. The molecule has 2 aromatic carbocycles. The molecule has 1 aromatic heterocycles. The highest BCUT2D eigenvalue weighted by Crippen LogP contribution is 2.36. The van der Waals surface area contributed by atoms with Gasteiger partial charge in [-0.15, -0.1) is 0 Å². The molecule has 1 saturated carbocycles. The summed E-state index contributed by atoms with van der Waals surface area (Å²) >= 11 is 6.34. The molecule has 4 N–H and O–H groups in total. The number of anilines is 2. The first-order valence-electron chi connectivity index (χ1n) is 14.3. The van der Waals surface area contributed by atoms with Crippen LogP contribution in [0.15, 0.2) is 36.7 Å². The van der Waals surface area contributed by atoms with Crippen molar-refractivity contribution < 1.29 is 24.2 Å². The second kappa shape index (κ2) is 15.0. The first kappa shape index (κ1) is 30.5. The van der Waals surface area contributed by atoms with Crippen LogP contribution in [0.4, 0.5) is 11.5 Å². The molecule has 41 heavy (non-hydrogen) atoms. The van der Waals surface area contributed by atoms with Crippen LogP contribution in [0.2, 0.25) is 5.02 Å². The maximum absolute atomic E-state index is 12.9. The van der Waals surface area contributed by atoms with Gasteiger partial charge in [0, 0.05) is 35.0 Å². The molecular formula is C31H39ClN4O5. The quantitative estimate of drug-likeness (QED) is 0.176. The summed E-state index contributed by atoms with van der Waals surface area (Å²) in [4.78, 5) is 33.7. The number of carboxylic acids is 1. The molecule has 0 radical (unpaired) electrons. The number of methoxy groups -OCH3 is 1. The smallest absolute Gasteiger partial charge is 0.306 e. The third-order valence-electron chi connectivity index (χ3n) is 7.69. The monoisotopic (exact) mass is 582 g/mol. The third-order valence-corrected chi connectivity index (χ3v) is 7.93. The average molecular weight is 583 g/mol. The topological polar surface area (TPSA) is 137 Å². The van der Waals surface area contributed by atoms with E-state index < -0.39 is 11.9 Å². The Morgan fingerprint density at radius 1 is 1.15 bits per heavy atom. The molecule has 0 bridgehead atoms. The Bertz CT molecular complexity index is 1350. The fourth-order valence-corrected chi connectivity index (χ4v) is 5.63. The largest absolute Gasteiger partial charge is 0.493 e. The molecule has 220 valence electrons. The summed E-state index contributed by atoms with van der Waals surface area (Å²) < 4.78 is 11.4. The molecule has 1 heterocycles. The number of Topliss-reactive ketones (excluding diaryl/α,β-unsaturated/α-hetero) is 1. The van der Waals surface area contributed by atoms with E-state index in [1.807, 2.05) is 12.1 Å². The minimum Gasteiger partial charge on any atom is -0.493 e. The van der Waals surface area contributed by atoms with E-state index in [2.05, 4.69) is 15.3 Å². The van der Waals surface area contributed by atoms with E-state index in [9.17, 15) is 14.7 Å². The van der Waals surface area contributed by atoms with Crippen molar-refractivity contribution in [3.8, 4) is 11.5 Å². The van der Waals surface area contributed by atoms with E-state index in [1.54, 1.807) is 25.3 Å². The Balaban J connectivity index is 1.49. The van der Waals surface area contributed by atoms with Crippen molar-refractivity contribution in [2.75, 3.05) is 25.6 Å². The number of halogens is 1. The predicted molar refractivity (Wildman–Crippen MR) is 160 cm³/mol. The van der Waals surface area contributed by atoms with Gasteiger partial charge in [0.25, 0.3) is 0 Å². The van der Waals surface area contributed by atoms with E-state index in [1.165, 1.54) is 12.7 Å². The van der Waals surface area contributed by atoms with Gasteiger partial charge in [-0.1, -0.05) is 49.8 Å². The maximum atomic E-state index is 12.9. The number of carbonyl (C=O) groups excluding carboxylic acids is 1. The van der Waals surface area contributed by atoms with Crippen LogP contribution in [0.1, 0.15) is 63.4 Å². The highest BCUT2D eigenvalue weighted by molar-refractivity contribution is 6.30. The zero-order valence-corrected chi connectivity index (χ0v) is 24.3. The highest BCUT2D eigenvalue weighted by Gasteiger charge is 2.26. The summed E-state index contributed by atoms with van der Waals surface area (Å²) in [6, 6.07) is 9.08. The summed E-state index contributed by atoms with van der Waals surface area (Å²) in [6.45, 7) is 0.966. The Morgan fingerprint density at radius 3 is 2.68 bits per heavy atom. The molecule has 1 aliphatic rings. The van der Waals surface area contributed by atoms with Gasteiger partial charge in [-0.05, 0) is 55.5 Å². The van der Waals surface area contributed by atoms with Crippen LogP contribution in [0.25, 0.3) is 10.9 Å². The normalized spacial score (nSPS) is 14.5. The lowest BCUT2D eigenvalue weighted by Gasteiger charge is -2.24. The minimum atomic E-state index is -0.878. The van der Waals surface area contributed by atoms with Crippen LogP contribution < -0.4 is 20.5 Å². The summed E-state index contributed by atoms with van der Waals surface area (Å²) in [5.74, 6) is 0.519. The Kier molecular flexibility index (Phi) is 11.2. The number of nitrogens with two attached hydrogens (primary N) is 1. The number of rotatable bonds is 15. The summed E-state index contributed by atoms with van der Waals surface area (Å²) in [5, 5.41) is 14.4. The number of carbonyl (C=O) groups is 2. The van der Waals surface area contributed by atoms with Crippen molar-refractivity contribution in [3.63, 3.8) is 0 Å². The number of carboxylic acid groups (broad SMARTS) is 1. The van der Waals surface area contributed by atoms with Gasteiger partial charge in [0.2, 0.25) is 0 Å². The summed E-state index contributed by atoms with van der Waals surface area (Å²) in [5.41, 5.74) is 7.87. The van der Waals surface area contributed by atoms with Crippen molar-refractivity contribution in [3.05, 3.63) is 47.2 Å². The van der Waals surface area contributed by atoms with Gasteiger partial charge in [-0.3, -0.25) is 9.59 Å². The molecule has 9 nitrogen and oxygen atoms in total. The fraction of sp³-hybridized carbons (Fsp3) is 0.484. The molecule has 3 aromatic rings. The number of ketones is 1. The minimum absolute atomic E-state index is 0.0482. The van der Waals surface area contributed by atoms with Gasteiger partial charge in [0.05, 0.1) is 25.2 Å². The standard InChI is InChI=1S/C31H39ClN4O5/c1-40-28-18-27-25(17-29(28)41-13-5-12-33)30(35-19-34-27)36-26-16-23(32)10-8-21(26)9-11-24(37)15-22(31(38)39)14-20-6-3-2-4-7-20/h8,10,16-20,22H,2-7,9,11-15,33H2,1H3,(H,38,39)(H,34,35,36)/t22-/m0/s1. The molecule has 1 atom stereocenters. The number of hydrogen-bond acceptors (Lipinski definition) is 8. The number of hydrogen-bond donors (Lipinski definition) is 3. The number of ether oxygens (including phenoxy) is 2. The lowest BCUT2D eigenvalue weighted by atomic mass is 9.81. The van der Waals surface area contributed by atoms with E-state index in [4.69, 9.17) is 26.8 Å². The van der Waals surface area contributed by atoms with Gasteiger partial charge in [0.15, 0.2) is 11.5 Å². The Morgan fingerprint density at radius 2 is 1.95 bits per heavy atom. The van der Waals surface area contributed by atoms with Crippen molar-refractivity contribution in [2.45, 2.75) is 64.2 Å². The van der Waals surface area contributed by atoms with Crippen molar-refractivity contribution in [2.24, 2.45) is 17.6 Å². The molecule has 4 rings (SSSR count). The van der Waals surface area contributed by atoms with Gasteiger partial charge in [-0.2, -0.15) is 0 Å². The number of aromatic nitrogens is 2. The zero-order valence-electron chi connectivity index (χ0n) is 23.5. The van der Waals surface area contributed by atoms with Crippen LogP contribution in [-0.2, 0) is 16.0 Å². The fourth-order valence-electron chi connectivity index (χ4n) is 5.46. The lowest BCUT2D eigenvalue weighted by molar-refractivity contribution is -0.144. The van der Waals surface area contributed by atoms with Crippen LogP contribution in [0, 0.1) is 11.8 Å². The number of aliphatic carboxylic acids is 1. The first-order chi connectivity index (χ1) is 19.9. The van der Waals surface area contributed by atoms with E-state index >= 15 is 0 Å². The molecule has 1 aliphatic carbocycles. The molecule has 0 saturated heterocycles. The van der Waals surface area contributed by atoms with E-state index in [0.717, 1.165) is 36.6 Å². The first-order valence-corrected chi connectivity index (χ1v) is 14.7. The van der Waals surface area contributed by atoms with Gasteiger partial charge >= 0.3 is 5.97 Å². The highest BCUT2D eigenvalue weighted by atomic mass is 35.5.